The Morgan fingerprint density at radius 2 is 1.39 bits per heavy atom. The Hall–Kier alpha value is -2.14. The Labute approximate surface area is 137 Å². The van der Waals surface area contributed by atoms with Gasteiger partial charge in [-0.1, -0.05) is 12.2 Å². The van der Waals surface area contributed by atoms with E-state index in [1.165, 1.54) is 0 Å². The van der Waals surface area contributed by atoms with Gasteiger partial charge in [-0.3, -0.25) is 0 Å². The highest BCUT2D eigenvalue weighted by Crippen LogP contribution is 2.14. The topological polar surface area (TPSA) is 66.6 Å². The summed E-state index contributed by atoms with van der Waals surface area (Å²) >= 11 is 0. The van der Waals surface area contributed by atoms with Crippen molar-refractivity contribution in [3.63, 3.8) is 0 Å². The van der Waals surface area contributed by atoms with Gasteiger partial charge < -0.3 is 14.7 Å². The van der Waals surface area contributed by atoms with Gasteiger partial charge in [0, 0.05) is 23.8 Å². The predicted molar refractivity (Wildman–Crippen MR) is 92.1 cm³/mol. The van der Waals surface area contributed by atoms with E-state index in [4.69, 9.17) is 4.74 Å². The molecule has 2 heterocycles. The Morgan fingerprint density at radius 3 is 1.74 bits per heavy atom. The van der Waals surface area contributed by atoms with Crippen molar-refractivity contribution in [1.82, 2.24) is 19.9 Å². The number of ether oxygens (including phenoxy) is 1. The quantitative estimate of drug-likeness (QED) is 0.588. The molecule has 5 nitrogen and oxygen atoms in total. The summed E-state index contributed by atoms with van der Waals surface area (Å²) in [5, 5.41) is 0. The van der Waals surface area contributed by atoms with E-state index in [1.807, 2.05) is 24.5 Å². The minimum absolute atomic E-state index is 0.0630. The molecule has 2 unspecified atom stereocenters. The van der Waals surface area contributed by atoms with E-state index in [2.05, 4.69) is 33.1 Å². The number of nitrogens with zero attached hydrogens (tertiary/aromatic N) is 2. The van der Waals surface area contributed by atoms with Gasteiger partial charge in [0.1, 0.15) is 0 Å². The zero-order chi connectivity index (χ0) is 16.3. The molecule has 23 heavy (non-hydrogen) atoms. The summed E-state index contributed by atoms with van der Waals surface area (Å²) in [6.45, 7) is 7.78. The molecule has 0 bridgehead atoms. The molecule has 0 aromatic carbocycles. The number of aromatic amines is 2. The highest BCUT2D eigenvalue weighted by atomic mass is 16.5. The van der Waals surface area contributed by atoms with Crippen LogP contribution in [0.15, 0.2) is 50.4 Å². The summed E-state index contributed by atoms with van der Waals surface area (Å²) in [7, 11) is 0. The van der Waals surface area contributed by atoms with Gasteiger partial charge in [0.05, 0.1) is 24.9 Å². The zero-order valence-electron chi connectivity index (χ0n) is 13.6. The van der Waals surface area contributed by atoms with Gasteiger partial charge in [0.25, 0.3) is 0 Å². The predicted octanol–water partition coefficient (Wildman–Crippen LogP) is 3.60. The van der Waals surface area contributed by atoms with Gasteiger partial charge in [-0.25, -0.2) is 9.97 Å². The lowest BCUT2D eigenvalue weighted by Gasteiger charge is -2.20. The van der Waals surface area contributed by atoms with Crippen LogP contribution in [0.5, 0.6) is 0 Å². The van der Waals surface area contributed by atoms with Crippen LogP contribution in [-0.2, 0) is 17.6 Å². The molecule has 0 aliphatic carbocycles. The minimum Gasteiger partial charge on any atom is -0.367 e. The number of hydrogen-bond acceptors (Lipinski definition) is 3. The Morgan fingerprint density at radius 1 is 0.913 bits per heavy atom. The summed E-state index contributed by atoms with van der Waals surface area (Å²) in [5.41, 5.74) is 2.32. The van der Waals surface area contributed by atoms with Crippen LogP contribution >= 0.6 is 0 Å². The maximum atomic E-state index is 6.10. The second-order valence-corrected chi connectivity index (χ2v) is 5.62. The second kappa shape index (κ2) is 9.79. The average molecular weight is 314 g/mol. The molecule has 2 aromatic rings. The summed E-state index contributed by atoms with van der Waals surface area (Å²) < 4.78 is 6.10. The molecule has 2 rings (SSSR count). The fourth-order valence-corrected chi connectivity index (χ4v) is 2.54. The van der Waals surface area contributed by atoms with Crippen molar-refractivity contribution in [2.75, 3.05) is 0 Å². The van der Waals surface area contributed by atoms with Crippen molar-refractivity contribution in [2.45, 2.75) is 50.7 Å². The lowest BCUT2D eigenvalue weighted by Crippen LogP contribution is -2.19. The lowest BCUT2D eigenvalue weighted by molar-refractivity contribution is 0.0307. The van der Waals surface area contributed by atoms with Crippen molar-refractivity contribution in [1.29, 1.82) is 0 Å². The Bertz CT molecular complexity index is 497. The molecule has 0 radical (unpaired) electrons. The molecule has 0 fully saturated rings. The third kappa shape index (κ3) is 6.24. The molecule has 0 amide bonds. The smallest absolute Gasteiger partial charge is 0.0921 e. The third-order valence-corrected chi connectivity index (χ3v) is 3.85. The fourth-order valence-electron chi connectivity index (χ4n) is 2.54. The number of aryl methyl sites for hydroxylation is 2. The summed E-state index contributed by atoms with van der Waals surface area (Å²) in [4.78, 5) is 14.3. The number of nitrogens with one attached hydrogen (secondary N) is 2. The molecule has 0 spiro atoms. The number of aromatic nitrogens is 4. The summed E-state index contributed by atoms with van der Waals surface area (Å²) in [5.74, 6) is 0. The first-order valence-corrected chi connectivity index (χ1v) is 8.17. The van der Waals surface area contributed by atoms with Crippen LogP contribution in [0.4, 0.5) is 0 Å². The molecule has 5 heteroatoms. The SMILES string of the molecule is C=CC(CCCc1cnc[nH]1)OC(C=C)CCCc1cnc[nH]1. The van der Waals surface area contributed by atoms with Gasteiger partial charge in [-0.2, -0.15) is 0 Å². The van der Waals surface area contributed by atoms with Gasteiger partial charge in [-0.05, 0) is 38.5 Å². The number of H-pyrrole nitrogens is 2. The molecule has 0 saturated heterocycles. The highest BCUT2D eigenvalue weighted by molar-refractivity contribution is 4.96. The molecule has 2 atom stereocenters. The van der Waals surface area contributed by atoms with E-state index in [0.717, 1.165) is 49.9 Å². The van der Waals surface area contributed by atoms with E-state index < -0.39 is 0 Å². The molecule has 2 N–H and O–H groups in total. The second-order valence-electron chi connectivity index (χ2n) is 5.62. The summed E-state index contributed by atoms with van der Waals surface area (Å²) in [6, 6.07) is 0. The zero-order valence-corrected chi connectivity index (χ0v) is 13.6. The van der Waals surface area contributed by atoms with Crippen LogP contribution in [0.2, 0.25) is 0 Å². The Kier molecular flexibility index (Phi) is 7.33. The van der Waals surface area contributed by atoms with Crippen LogP contribution in [0, 0.1) is 0 Å². The van der Waals surface area contributed by atoms with E-state index >= 15 is 0 Å². The van der Waals surface area contributed by atoms with Crippen molar-refractivity contribution >= 4 is 0 Å². The van der Waals surface area contributed by atoms with Crippen LogP contribution in [0.25, 0.3) is 0 Å². The average Bonchev–Trinajstić information content (AvgIpc) is 3.26. The molecule has 0 aliphatic heterocycles. The van der Waals surface area contributed by atoms with E-state index in [0.29, 0.717) is 0 Å². The number of hydrogen-bond donors (Lipinski definition) is 2. The maximum Gasteiger partial charge on any atom is 0.0921 e. The van der Waals surface area contributed by atoms with Crippen molar-refractivity contribution in [3.05, 3.63) is 61.7 Å². The van der Waals surface area contributed by atoms with Gasteiger partial charge in [-0.15, -0.1) is 13.2 Å². The van der Waals surface area contributed by atoms with Gasteiger partial charge in [0.2, 0.25) is 0 Å². The summed E-state index contributed by atoms with van der Waals surface area (Å²) in [6.07, 6.45) is 17.0. The first kappa shape index (κ1) is 17.2. The molecular formula is C18H26N4O. The first-order chi connectivity index (χ1) is 11.3. The standard InChI is InChI=1S/C18H26N4O/c1-3-17(9-5-7-15-11-19-13-21-15)23-18(4-2)10-6-8-16-12-20-14-22-16/h3-4,11-14,17-18H,1-2,5-10H2,(H,19,21)(H,20,22). The molecule has 2 aromatic heterocycles. The van der Waals surface area contributed by atoms with Crippen LogP contribution in [0.1, 0.15) is 37.1 Å². The molecular weight excluding hydrogens is 288 g/mol. The highest BCUT2D eigenvalue weighted by Gasteiger charge is 2.12. The fraction of sp³-hybridized carbons (Fsp3) is 0.444. The monoisotopic (exact) mass is 314 g/mol. The number of imidazole rings is 2. The van der Waals surface area contributed by atoms with Crippen LogP contribution < -0.4 is 0 Å². The first-order valence-electron chi connectivity index (χ1n) is 8.17. The maximum absolute atomic E-state index is 6.10. The van der Waals surface area contributed by atoms with Crippen molar-refractivity contribution in [3.8, 4) is 0 Å². The number of rotatable bonds is 12. The molecule has 124 valence electrons. The van der Waals surface area contributed by atoms with E-state index in [-0.39, 0.29) is 12.2 Å². The van der Waals surface area contributed by atoms with Gasteiger partial charge >= 0.3 is 0 Å². The van der Waals surface area contributed by atoms with Crippen LogP contribution in [0.3, 0.4) is 0 Å². The Balaban J connectivity index is 1.67. The van der Waals surface area contributed by atoms with Crippen molar-refractivity contribution in [2.24, 2.45) is 0 Å². The van der Waals surface area contributed by atoms with Gasteiger partial charge in [0.15, 0.2) is 0 Å². The van der Waals surface area contributed by atoms with Crippen LogP contribution in [-0.4, -0.2) is 32.1 Å². The normalized spacial score (nSPS) is 13.6. The minimum atomic E-state index is 0.0630. The van der Waals surface area contributed by atoms with E-state index in [9.17, 15) is 0 Å². The molecule has 0 saturated carbocycles. The third-order valence-electron chi connectivity index (χ3n) is 3.85. The molecule has 0 aliphatic rings. The lowest BCUT2D eigenvalue weighted by atomic mass is 10.1. The van der Waals surface area contributed by atoms with Crippen molar-refractivity contribution < 1.29 is 4.74 Å². The largest absolute Gasteiger partial charge is 0.367 e. The van der Waals surface area contributed by atoms with E-state index in [1.54, 1.807) is 12.7 Å².